The number of fused-ring (bicyclic) bond motifs is 1. The lowest BCUT2D eigenvalue weighted by molar-refractivity contribution is -0.131. The lowest BCUT2D eigenvalue weighted by Crippen LogP contribution is -2.31. The highest BCUT2D eigenvalue weighted by Crippen LogP contribution is 2.19. The van der Waals surface area contributed by atoms with Crippen molar-refractivity contribution >= 4 is 16.8 Å². The largest absolute Gasteiger partial charge is 0.361 e. The highest BCUT2D eigenvalue weighted by Gasteiger charge is 2.13. The Morgan fingerprint density at radius 2 is 2.10 bits per heavy atom. The van der Waals surface area contributed by atoms with E-state index in [0.29, 0.717) is 12.8 Å². The Morgan fingerprint density at radius 3 is 2.85 bits per heavy atom. The van der Waals surface area contributed by atoms with Crippen LogP contribution in [0.25, 0.3) is 10.9 Å². The van der Waals surface area contributed by atoms with E-state index in [-0.39, 0.29) is 5.91 Å². The second-order valence-corrected chi connectivity index (χ2v) is 4.88. The molecule has 0 fully saturated rings. The van der Waals surface area contributed by atoms with E-state index in [4.69, 9.17) is 0 Å². The van der Waals surface area contributed by atoms with Gasteiger partial charge < -0.3 is 9.88 Å². The van der Waals surface area contributed by atoms with Gasteiger partial charge in [-0.1, -0.05) is 18.2 Å². The van der Waals surface area contributed by atoms with Crippen LogP contribution in [0.3, 0.4) is 0 Å². The van der Waals surface area contributed by atoms with Gasteiger partial charge in [0.15, 0.2) is 0 Å². The number of hydrogen-bond acceptors (Lipinski definition) is 1. The van der Waals surface area contributed by atoms with E-state index >= 15 is 0 Å². The van der Waals surface area contributed by atoms with Crippen LogP contribution in [-0.2, 0) is 11.2 Å². The molecule has 0 atom stereocenters. The average molecular weight is 280 g/mol. The van der Waals surface area contributed by atoms with Gasteiger partial charge in [-0.05, 0) is 24.5 Å². The van der Waals surface area contributed by atoms with Crippen LogP contribution in [0.1, 0.15) is 18.4 Å². The first-order chi connectivity index (χ1) is 9.58. The molecule has 5 heteroatoms. The lowest BCUT2D eigenvalue weighted by Gasteiger charge is -2.16. The van der Waals surface area contributed by atoms with Crippen molar-refractivity contribution < 1.29 is 13.6 Å². The molecule has 20 heavy (non-hydrogen) atoms. The van der Waals surface area contributed by atoms with E-state index in [9.17, 15) is 13.6 Å². The summed E-state index contributed by atoms with van der Waals surface area (Å²) in [7, 11) is 1.42. The molecule has 1 amide bonds. The standard InChI is InChI=1S/C15H18F2N2O/c1-19(10-14(16)17)15(20)8-4-5-11-9-18-13-7-3-2-6-12(11)13/h2-3,6-7,9,14,18H,4-5,8,10H2,1H3. The number of carbonyl (C=O) groups is 1. The van der Waals surface area contributed by atoms with Gasteiger partial charge in [0.25, 0.3) is 6.43 Å². The molecule has 0 spiro atoms. The van der Waals surface area contributed by atoms with Crippen molar-refractivity contribution in [3.63, 3.8) is 0 Å². The fourth-order valence-corrected chi connectivity index (χ4v) is 2.27. The van der Waals surface area contributed by atoms with Crippen LogP contribution < -0.4 is 0 Å². The molecule has 1 aromatic heterocycles. The van der Waals surface area contributed by atoms with Gasteiger partial charge in [0.1, 0.15) is 0 Å². The number of halogens is 2. The fraction of sp³-hybridized carbons (Fsp3) is 0.400. The number of aryl methyl sites for hydroxylation is 1. The maximum Gasteiger partial charge on any atom is 0.255 e. The summed E-state index contributed by atoms with van der Waals surface area (Å²) >= 11 is 0. The third kappa shape index (κ3) is 3.56. The number of para-hydroxylation sites is 1. The van der Waals surface area contributed by atoms with E-state index in [2.05, 4.69) is 4.98 Å². The summed E-state index contributed by atoms with van der Waals surface area (Å²) in [5.74, 6) is -0.231. The third-order valence-corrected chi connectivity index (χ3v) is 3.35. The highest BCUT2D eigenvalue weighted by atomic mass is 19.3. The molecule has 0 unspecified atom stereocenters. The van der Waals surface area contributed by atoms with Crippen LogP contribution in [-0.4, -0.2) is 35.8 Å². The van der Waals surface area contributed by atoms with Crippen LogP contribution in [0.5, 0.6) is 0 Å². The fourth-order valence-electron chi connectivity index (χ4n) is 2.27. The Hall–Kier alpha value is -1.91. The Labute approximate surface area is 116 Å². The Bertz CT molecular complexity index is 580. The van der Waals surface area contributed by atoms with Gasteiger partial charge in [-0.2, -0.15) is 0 Å². The number of nitrogens with one attached hydrogen (secondary N) is 1. The van der Waals surface area contributed by atoms with Gasteiger partial charge in [-0.15, -0.1) is 0 Å². The number of aromatic amines is 1. The summed E-state index contributed by atoms with van der Waals surface area (Å²) in [6.45, 7) is -0.494. The van der Waals surface area contributed by atoms with Gasteiger partial charge in [0.05, 0.1) is 6.54 Å². The van der Waals surface area contributed by atoms with Crippen LogP contribution in [0.4, 0.5) is 8.78 Å². The highest BCUT2D eigenvalue weighted by molar-refractivity contribution is 5.83. The third-order valence-electron chi connectivity index (χ3n) is 3.35. The van der Waals surface area contributed by atoms with Crippen molar-refractivity contribution in [3.05, 3.63) is 36.0 Å². The van der Waals surface area contributed by atoms with Crippen LogP contribution in [0.15, 0.2) is 30.5 Å². The second-order valence-electron chi connectivity index (χ2n) is 4.88. The maximum atomic E-state index is 12.2. The number of aromatic nitrogens is 1. The lowest BCUT2D eigenvalue weighted by atomic mass is 10.1. The molecule has 0 aliphatic rings. The molecule has 0 aliphatic heterocycles. The molecule has 0 aliphatic carbocycles. The number of hydrogen-bond donors (Lipinski definition) is 1. The first-order valence-electron chi connectivity index (χ1n) is 6.65. The Kier molecular flexibility index (Phi) is 4.71. The molecule has 2 aromatic rings. The van der Waals surface area contributed by atoms with Crippen molar-refractivity contribution in [2.45, 2.75) is 25.7 Å². The second kappa shape index (κ2) is 6.50. The van der Waals surface area contributed by atoms with Gasteiger partial charge in [0, 0.05) is 30.6 Å². The normalized spacial score (nSPS) is 11.2. The molecule has 1 N–H and O–H groups in total. The Balaban J connectivity index is 1.85. The first-order valence-corrected chi connectivity index (χ1v) is 6.65. The van der Waals surface area contributed by atoms with E-state index in [1.165, 1.54) is 7.05 Å². The molecule has 0 bridgehead atoms. The van der Waals surface area contributed by atoms with E-state index in [1.54, 1.807) is 0 Å². The van der Waals surface area contributed by atoms with Crippen LogP contribution >= 0.6 is 0 Å². The van der Waals surface area contributed by atoms with Crippen LogP contribution in [0, 0.1) is 0 Å². The minimum Gasteiger partial charge on any atom is -0.361 e. The number of alkyl halides is 2. The number of benzene rings is 1. The zero-order chi connectivity index (χ0) is 14.5. The number of carbonyl (C=O) groups excluding carboxylic acids is 1. The summed E-state index contributed by atoms with van der Waals surface area (Å²) in [6.07, 6.45) is 1.19. The molecule has 1 heterocycles. The zero-order valence-corrected chi connectivity index (χ0v) is 11.4. The summed E-state index contributed by atoms with van der Waals surface area (Å²) in [5.41, 5.74) is 2.23. The van der Waals surface area contributed by atoms with Crippen molar-refractivity contribution in [2.75, 3.05) is 13.6 Å². The molecule has 2 rings (SSSR count). The summed E-state index contributed by atoms with van der Waals surface area (Å²) < 4.78 is 24.3. The minimum atomic E-state index is -2.47. The predicted octanol–water partition coefficient (Wildman–Crippen LogP) is 3.21. The monoisotopic (exact) mass is 280 g/mol. The molecular weight excluding hydrogens is 262 g/mol. The van der Waals surface area contributed by atoms with Crippen molar-refractivity contribution in [1.29, 1.82) is 0 Å². The van der Waals surface area contributed by atoms with E-state index in [1.807, 2.05) is 30.5 Å². The van der Waals surface area contributed by atoms with Gasteiger partial charge >= 0.3 is 0 Å². The van der Waals surface area contributed by atoms with Crippen molar-refractivity contribution in [1.82, 2.24) is 9.88 Å². The summed E-state index contributed by atoms with van der Waals surface area (Å²) in [5, 5.41) is 1.15. The smallest absolute Gasteiger partial charge is 0.255 e. The predicted molar refractivity (Wildman–Crippen MR) is 74.9 cm³/mol. The summed E-state index contributed by atoms with van der Waals surface area (Å²) in [4.78, 5) is 15.9. The van der Waals surface area contributed by atoms with E-state index in [0.717, 1.165) is 27.8 Å². The average Bonchev–Trinajstić information content (AvgIpc) is 2.81. The topological polar surface area (TPSA) is 36.1 Å². The van der Waals surface area contributed by atoms with E-state index < -0.39 is 13.0 Å². The molecule has 0 saturated heterocycles. The zero-order valence-electron chi connectivity index (χ0n) is 11.4. The Morgan fingerprint density at radius 1 is 1.35 bits per heavy atom. The molecular formula is C15H18F2N2O. The number of rotatable bonds is 6. The maximum absolute atomic E-state index is 12.2. The van der Waals surface area contributed by atoms with Crippen LogP contribution in [0.2, 0.25) is 0 Å². The van der Waals surface area contributed by atoms with Crippen molar-refractivity contribution in [2.24, 2.45) is 0 Å². The molecule has 108 valence electrons. The molecule has 3 nitrogen and oxygen atoms in total. The van der Waals surface area contributed by atoms with Gasteiger partial charge in [-0.3, -0.25) is 4.79 Å². The minimum absolute atomic E-state index is 0.231. The summed E-state index contributed by atoms with van der Waals surface area (Å²) in [6, 6.07) is 7.97. The van der Waals surface area contributed by atoms with Gasteiger partial charge in [-0.25, -0.2) is 8.78 Å². The molecule has 0 saturated carbocycles. The number of amides is 1. The first kappa shape index (κ1) is 14.5. The molecule has 0 radical (unpaired) electrons. The molecule has 1 aromatic carbocycles. The number of nitrogens with zero attached hydrogens (tertiary/aromatic N) is 1. The SMILES string of the molecule is CN(CC(F)F)C(=O)CCCc1c[nH]c2ccccc12. The van der Waals surface area contributed by atoms with Crippen molar-refractivity contribution in [3.8, 4) is 0 Å². The van der Waals surface area contributed by atoms with Gasteiger partial charge in [0.2, 0.25) is 5.91 Å². The quantitative estimate of drug-likeness (QED) is 0.866. The number of H-pyrrole nitrogens is 1.